The number of hydrogen-bond acceptors (Lipinski definition) is 2. The molecule has 0 heterocycles. The van der Waals surface area contributed by atoms with Crippen LogP contribution in [0.1, 0.15) is 10.4 Å². The number of halogens is 2. The van der Waals surface area contributed by atoms with Gasteiger partial charge in [-0.05, 0) is 42.5 Å². The third-order valence-corrected chi connectivity index (χ3v) is 3.05. The van der Waals surface area contributed by atoms with Crippen molar-refractivity contribution in [3.05, 3.63) is 64.4 Å². The van der Waals surface area contributed by atoms with Crippen LogP contribution < -0.4 is 10.6 Å². The highest BCUT2D eigenvalue weighted by Gasteiger charge is 2.07. The molecule has 0 aromatic heterocycles. The van der Waals surface area contributed by atoms with Gasteiger partial charge in [-0.25, -0.2) is 4.39 Å². The van der Waals surface area contributed by atoms with E-state index >= 15 is 0 Å². The fraction of sp³-hybridized carbons (Fsp3) is 0. The SMILES string of the molecule is O=C(NC(=S)Nc1cc(F)cc(Br)c1)c1ccccc1. The van der Waals surface area contributed by atoms with Crippen LogP contribution in [0.25, 0.3) is 0 Å². The smallest absolute Gasteiger partial charge is 0.257 e. The molecular weight excluding hydrogens is 343 g/mol. The predicted molar refractivity (Wildman–Crippen MR) is 84.2 cm³/mol. The first-order valence-electron chi connectivity index (χ1n) is 5.68. The standard InChI is InChI=1S/C14H10BrFN2OS/c15-10-6-11(16)8-12(7-10)17-14(20)18-13(19)9-4-2-1-3-5-9/h1-8H,(H2,17,18,19,20). The number of hydrogen-bond donors (Lipinski definition) is 2. The van der Waals surface area contributed by atoms with Crippen molar-refractivity contribution in [1.82, 2.24) is 5.32 Å². The zero-order valence-corrected chi connectivity index (χ0v) is 12.6. The van der Waals surface area contributed by atoms with Crippen molar-refractivity contribution in [3.63, 3.8) is 0 Å². The minimum absolute atomic E-state index is 0.108. The number of amides is 1. The molecule has 0 bridgehead atoms. The Bertz CT molecular complexity index is 629. The van der Waals surface area contributed by atoms with Crippen LogP contribution in [0.3, 0.4) is 0 Å². The van der Waals surface area contributed by atoms with Crippen molar-refractivity contribution >= 4 is 44.9 Å². The second-order valence-electron chi connectivity index (χ2n) is 3.93. The van der Waals surface area contributed by atoms with Crippen molar-refractivity contribution < 1.29 is 9.18 Å². The number of carbonyl (C=O) groups is 1. The highest BCUT2D eigenvalue weighted by molar-refractivity contribution is 9.10. The second-order valence-corrected chi connectivity index (χ2v) is 5.26. The van der Waals surface area contributed by atoms with Gasteiger partial charge in [0.25, 0.3) is 5.91 Å². The Morgan fingerprint density at radius 3 is 2.50 bits per heavy atom. The molecule has 102 valence electrons. The van der Waals surface area contributed by atoms with E-state index in [1.165, 1.54) is 12.1 Å². The van der Waals surface area contributed by atoms with Gasteiger partial charge in [0.1, 0.15) is 5.82 Å². The van der Waals surface area contributed by atoms with E-state index < -0.39 is 5.82 Å². The van der Waals surface area contributed by atoms with Crippen LogP contribution in [0.4, 0.5) is 10.1 Å². The molecule has 3 nitrogen and oxygen atoms in total. The molecule has 0 atom stereocenters. The molecule has 0 saturated carbocycles. The molecule has 0 aliphatic rings. The second kappa shape index (κ2) is 6.58. The van der Waals surface area contributed by atoms with Crippen LogP contribution in [-0.2, 0) is 0 Å². The minimum atomic E-state index is -0.404. The zero-order chi connectivity index (χ0) is 14.5. The van der Waals surface area contributed by atoms with Gasteiger partial charge in [0.15, 0.2) is 5.11 Å². The summed E-state index contributed by atoms with van der Waals surface area (Å²) in [7, 11) is 0. The third kappa shape index (κ3) is 4.11. The fourth-order valence-corrected chi connectivity index (χ4v) is 2.23. The lowest BCUT2D eigenvalue weighted by Crippen LogP contribution is -2.34. The van der Waals surface area contributed by atoms with Crippen LogP contribution in [0, 0.1) is 5.82 Å². The molecular formula is C14H10BrFN2OS. The predicted octanol–water partition coefficient (Wildman–Crippen LogP) is 3.72. The van der Waals surface area contributed by atoms with E-state index in [9.17, 15) is 9.18 Å². The number of thiocarbonyl (C=S) groups is 1. The number of nitrogens with one attached hydrogen (secondary N) is 2. The highest BCUT2D eigenvalue weighted by Crippen LogP contribution is 2.18. The number of benzene rings is 2. The fourth-order valence-electron chi connectivity index (χ4n) is 1.55. The molecule has 0 unspecified atom stereocenters. The molecule has 20 heavy (non-hydrogen) atoms. The Hall–Kier alpha value is -1.79. The average molecular weight is 353 g/mol. The van der Waals surface area contributed by atoms with Crippen molar-refractivity contribution in [2.24, 2.45) is 0 Å². The summed E-state index contributed by atoms with van der Waals surface area (Å²) in [6.07, 6.45) is 0. The number of carbonyl (C=O) groups excluding carboxylic acids is 1. The maximum atomic E-state index is 13.2. The van der Waals surface area contributed by atoms with Gasteiger partial charge >= 0.3 is 0 Å². The summed E-state index contributed by atoms with van der Waals surface area (Å²) in [5.74, 6) is -0.724. The van der Waals surface area contributed by atoms with E-state index in [1.54, 1.807) is 30.3 Å². The molecule has 1 amide bonds. The molecule has 0 saturated heterocycles. The van der Waals surface area contributed by atoms with E-state index in [-0.39, 0.29) is 11.0 Å². The quantitative estimate of drug-likeness (QED) is 0.809. The minimum Gasteiger partial charge on any atom is -0.332 e. The summed E-state index contributed by atoms with van der Waals surface area (Å²) in [6, 6.07) is 13.0. The van der Waals surface area contributed by atoms with Crippen LogP contribution in [-0.4, -0.2) is 11.0 Å². The van der Waals surface area contributed by atoms with Gasteiger partial charge in [0.05, 0.1) is 0 Å². The van der Waals surface area contributed by atoms with E-state index in [0.29, 0.717) is 15.7 Å². The van der Waals surface area contributed by atoms with E-state index in [1.807, 2.05) is 6.07 Å². The first-order chi connectivity index (χ1) is 9.54. The normalized spacial score (nSPS) is 9.90. The Kier molecular flexibility index (Phi) is 4.81. The molecule has 0 aliphatic carbocycles. The van der Waals surface area contributed by atoms with E-state index in [4.69, 9.17) is 12.2 Å². The zero-order valence-electron chi connectivity index (χ0n) is 10.2. The molecule has 2 rings (SSSR count). The lowest BCUT2D eigenvalue weighted by molar-refractivity contribution is 0.0978. The molecule has 0 fully saturated rings. The number of anilines is 1. The molecule has 2 aromatic carbocycles. The van der Waals surface area contributed by atoms with Gasteiger partial charge in [-0.3, -0.25) is 10.1 Å². The molecule has 0 aliphatic heterocycles. The summed E-state index contributed by atoms with van der Waals surface area (Å²) in [5.41, 5.74) is 0.951. The van der Waals surface area contributed by atoms with Gasteiger partial charge < -0.3 is 5.32 Å². The summed E-state index contributed by atoms with van der Waals surface area (Å²) >= 11 is 8.20. The van der Waals surface area contributed by atoms with Gasteiger partial charge in [0.2, 0.25) is 0 Å². The van der Waals surface area contributed by atoms with E-state index in [2.05, 4.69) is 26.6 Å². The van der Waals surface area contributed by atoms with Gasteiger partial charge in [-0.15, -0.1) is 0 Å². The van der Waals surface area contributed by atoms with Crippen LogP contribution in [0.2, 0.25) is 0 Å². The Morgan fingerprint density at radius 2 is 1.85 bits per heavy atom. The maximum absolute atomic E-state index is 13.2. The average Bonchev–Trinajstić information content (AvgIpc) is 2.38. The third-order valence-electron chi connectivity index (χ3n) is 2.38. The lowest BCUT2D eigenvalue weighted by atomic mass is 10.2. The lowest BCUT2D eigenvalue weighted by Gasteiger charge is -2.10. The van der Waals surface area contributed by atoms with Crippen molar-refractivity contribution in [3.8, 4) is 0 Å². The highest BCUT2D eigenvalue weighted by atomic mass is 79.9. The molecule has 6 heteroatoms. The van der Waals surface area contributed by atoms with Crippen LogP contribution >= 0.6 is 28.1 Å². The topological polar surface area (TPSA) is 41.1 Å². The van der Waals surface area contributed by atoms with Crippen LogP contribution in [0.15, 0.2) is 53.0 Å². The molecule has 2 N–H and O–H groups in total. The van der Waals surface area contributed by atoms with Gasteiger partial charge in [0, 0.05) is 15.7 Å². The largest absolute Gasteiger partial charge is 0.332 e. The van der Waals surface area contributed by atoms with E-state index in [0.717, 1.165) is 0 Å². The molecule has 0 spiro atoms. The van der Waals surface area contributed by atoms with Gasteiger partial charge in [-0.2, -0.15) is 0 Å². The summed E-state index contributed by atoms with van der Waals surface area (Å²) in [5, 5.41) is 5.39. The summed E-state index contributed by atoms with van der Waals surface area (Å²) in [4.78, 5) is 11.9. The number of rotatable bonds is 2. The molecule has 2 aromatic rings. The van der Waals surface area contributed by atoms with Crippen molar-refractivity contribution in [1.29, 1.82) is 0 Å². The first kappa shape index (κ1) is 14.6. The van der Waals surface area contributed by atoms with Gasteiger partial charge in [-0.1, -0.05) is 34.1 Å². The summed E-state index contributed by atoms with van der Waals surface area (Å²) < 4.78 is 13.8. The van der Waals surface area contributed by atoms with Crippen molar-refractivity contribution in [2.75, 3.05) is 5.32 Å². The van der Waals surface area contributed by atoms with Crippen molar-refractivity contribution in [2.45, 2.75) is 0 Å². The maximum Gasteiger partial charge on any atom is 0.257 e. The Balaban J connectivity index is 2.01. The Morgan fingerprint density at radius 1 is 1.15 bits per heavy atom. The first-order valence-corrected chi connectivity index (χ1v) is 6.88. The monoisotopic (exact) mass is 352 g/mol. The van der Waals surface area contributed by atoms with Crippen LogP contribution in [0.5, 0.6) is 0 Å². The Labute approximate surface area is 129 Å². The molecule has 0 radical (unpaired) electrons. The summed E-state index contributed by atoms with van der Waals surface area (Å²) in [6.45, 7) is 0.